The van der Waals surface area contributed by atoms with Crippen molar-refractivity contribution in [1.29, 1.82) is 0 Å². The second-order valence-electron chi connectivity index (χ2n) is 5.20. The van der Waals surface area contributed by atoms with Crippen molar-refractivity contribution in [3.05, 3.63) is 0 Å². The smallest absolute Gasteiger partial charge is 0.261 e. The van der Waals surface area contributed by atoms with Crippen molar-refractivity contribution in [2.45, 2.75) is 51.5 Å². The van der Waals surface area contributed by atoms with Gasteiger partial charge in [0.05, 0.1) is 0 Å². The lowest BCUT2D eigenvalue weighted by Crippen LogP contribution is -2.34. The Hall–Kier alpha value is -0.260. The second kappa shape index (κ2) is 10.5. The van der Waals surface area contributed by atoms with E-state index in [4.69, 9.17) is 9.47 Å². The van der Waals surface area contributed by atoms with E-state index in [-0.39, 0.29) is 0 Å². The van der Waals surface area contributed by atoms with Crippen LogP contribution in [-0.2, 0) is 9.47 Å². The van der Waals surface area contributed by atoms with Crippen molar-refractivity contribution in [2.24, 2.45) is 5.92 Å². The van der Waals surface area contributed by atoms with E-state index in [0.29, 0.717) is 18.6 Å². The van der Waals surface area contributed by atoms with Gasteiger partial charge in [-0.05, 0) is 44.6 Å². The van der Waals surface area contributed by atoms with E-state index in [1.807, 2.05) is 0 Å². The van der Waals surface area contributed by atoms with Crippen LogP contribution in [0, 0.1) is 5.92 Å². The number of alkyl halides is 2. The predicted octanol–water partition coefficient (Wildman–Crippen LogP) is 2.84. The minimum Gasteiger partial charge on any atom is -0.381 e. The lowest BCUT2D eigenvalue weighted by molar-refractivity contribution is 0.0124. The predicted molar refractivity (Wildman–Crippen MR) is 71.7 cm³/mol. The highest BCUT2D eigenvalue weighted by molar-refractivity contribution is 4.74. The van der Waals surface area contributed by atoms with E-state index < -0.39 is 13.0 Å². The monoisotopic (exact) mass is 279 g/mol. The average molecular weight is 279 g/mol. The van der Waals surface area contributed by atoms with Crippen LogP contribution in [0.25, 0.3) is 0 Å². The third-order valence-corrected chi connectivity index (χ3v) is 3.50. The van der Waals surface area contributed by atoms with E-state index >= 15 is 0 Å². The molecule has 1 atom stereocenters. The Balaban J connectivity index is 2.20. The van der Waals surface area contributed by atoms with Crippen molar-refractivity contribution in [1.82, 2.24) is 5.32 Å². The third kappa shape index (κ3) is 8.50. The fourth-order valence-electron chi connectivity index (χ4n) is 2.43. The largest absolute Gasteiger partial charge is 0.381 e. The van der Waals surface area contributed by atoms with Crippen LogP contribution in [0.5, 0.6) is 0 Å². The van der Waals surface area contributed by atoms with Crippen molar-refractivity contribution >= 4 is 0 Å². The summed E-state index contributed by atoms with van der Waals surface area (Å²) in [6, 6.07) is 0.376. The Morgan fingerprint density at radius 2 is 2.05 bits per heavy atom. The summed E-state index contributed by atoms with van der Waals surface area (Å²) in [6.07, 6.45) is 2.86. The van der Waals surface area contributed by atoms with Crippen LogP contribution in [0.4, 0.5) is 8.78 Å². The molecule has 0 amide bonds. The van der Waals surface area contributed by atoms with Crippen LogP contribution in [0.1, 0.15) is 39.0 Å². The Bertz CT molecular complexity index is 212. The Labute approximate surface area is 115 Å². The Kier molecular flexibility index (Phi) is 9.30. The minimum absolute atomic E-state index is 0.376. The number of ether oxygens (including phenoxy) is 2. The maximum atomic E-state index is 12.0. The zero-order chi connectivity index (χ0) is 13.9. The van der Waals surface area contributed by atoms with Gasteiger partial charge in [-0.3, -0.25) is 0 Å². The summed E-state index contributed by atoms with van der Waals surface area (Å²) in [4.78, 5) is 0. The molecule has 1 unspecified atom stereocenters. The SMILES string of the molecule is CCCNC(CCOCC(F)F)CC1CCOCC1. The highest BCUT2D eigenvalue weighted by Gasteiger charge is 2.19. The first kappa shape index (κ1) is 16.8. The fraction of sp³-hybridized carbons (Fsp3) is 1.00. The van der Waals surface area contributed by atoms with Gasteiger partial charge < -0.3 is 14.8 Å². The van der Waals surface area contributed by atoms with Gasteiger partial charge in [-0.25, -0.2) is 8.78 Å². The molecule has 0 bridgehead atoms. The number of nitrogens with one attached hydrogen (secondary N) is 1. The molecule has 1 aliphatic rings. The van der Waals surface area contributed by atoms with Crippen LogP contribution >= 0.6 is 0 Å². The van der Waals surface area contributed by atoms with Crippen molar-refractivity contribution in [3.8, 4) is 0 Å². The molecule has 1 heterocycles. The molecule has 3 nitrogen and oxygen atoms in total. The van der Waals surface area contributed by atoms with Gasteiger partial charge in [0.25, 0.3) is 6.43 Å². The molecule has 1 N–H and O–H groups in total. The van der Waals surface area contributed by atoms with Gasteiger partial charge in [-0.2, -0.15) is 0 Å². The van der Waals surface area contributed by atoms with Gasteiger partial charge in [0.15, 0.2) is 0 Å². The highest BCUT2D eigenvalue weighted by Crippen LogP contribution is 2.21. The van der Waals surface area contributed by atoms with E-state index in [1.54, 1.807) is 0 Å². The zero-order valence-electron chi connectivity index (χ0n) is 11.9. The molecule has 0 aromatic rings. The third-order valence-electron chi connectivity index (χ3n) is 3.50. The van der Waals surface area contributed by atoms with E-state index in [2.05, 4.69) is 12.2 Å². The highest BCUT2D eigenvalue weighted by atomic mass is 19.3. The molecule has 1 saturated heterocycles. The summed E-state index contributed by atoms with van der Waals surface area (Å²) in [5.41, 5.74) is 0. The number of hydrogen-bond acceptors (Lipinski definition) is 3. The van der Waals surface area contributed by atoms with Gasteiger partial charge >= 0.3 is 0 Å². The molecule has 0 aromatic heterocycles. The number of rotatable bonds is 10. The second-order valence-corrected chi connectivity index (χ2v) is 5.20. The molecule has 114 valence electrons. The molecule has 0 aliphatic carbocycles. The molecule has 0 aromatic carbocycles. The Morgan fingerprint density at radius 1 is 1.32 bits per heavy atom. The standard InChI is InChI=1S/C14H27F2NO2/c1-2-6-17-13(5-9-19-11-14(15)16)10-12-3-7-18-8-4-12/h12-14,17H,2-11H2,1H3. The molecule has 0 saturated carbocycles. The van der Waals surface area contributed by atoms with Gasteiger partial charge in [0, 0.05) is 25.9 Å². The average Bonchev–Trinajstić information content (AvgIpc) is 2.41. The number of hydrogen-bond donors (Lipinski definition) is 1. The van der Waals surface area contributed by atoms with Gasteiger partial charge in [-0.15, -0.1) is 0 Å². The molecule has 5 heteroatoms. The quantitative estimate of drug-likeness (QED) is 0.624. The minimum atomic E-state index is -2.36. The first-order valence-corrected chi connectivity index (χ1v) is 7.39. The van der Waals surface area contributed by atoms with Crippen molar-refractivity contribution in [3.63, 3.8) is 0 Å². The van der Waals surface area contributed by atoms with Gasteiger partial charge in [0.2, 0.25) is 0 Å². The topological polar surface area (TPSA) is 30.5 Å². The maximum absolute atomic E-state index is 12.0. The summed E-state index contributed by atoms with van der Waals surface area (Å²) < 4.78 is 34.3. The van der Waals surface area contributed by atoms with Crippen LogP contribution in [0.15, 0.2) is 0 Å². The fourth-order valence-corrected chi connectivity index (χ4v) is 2.43. The number of halogens is 2. The molecular formula is C14H27F2NO2. The molecule has 1 fully saturated rings. The lowest BCUT2D eigenvalue weighted by Gasteiger charge is -2.27. The summed E-state index contributed by atoms with van der Waals surface area (Å²) in [7, 11) is 0. The first-order valence-electron chi connectivity index (χ1n) is 7.39. The molecule has 19 heavy (non-hydrogen) atoms. The summed E-state index contributed by atoms with van der Waals surface area (Å²) in [5.74, 6) is 0.693. The normalized spacial score (nSPS) is 18.9. The van der Waals surface area contributed by atoms with Crippen LogP contribution in [-0.4, -0.2) is 45.4 Å². The van der Waals surface area contributed by atoms with Gasteiger partial charge in [0.1, 0.15) is 6.61 Å². The summed E-state index contributed by atoms with van der Waals surface area (Å²) in [5, 5.41) is 3.50. The van der Waals surface area contributed by atoms with E-state index in [0.717, 1.165) is 51.9 Å². The molecule has 0 radical (unpaired) electrons. The maximum Gasteiger partial charge on any atom is 0.261 e. The lowest BCUT2D eigenvalue weighted by atomic mass is 9.91. The van der Waals surface area contributed by atoms with Crippen molar-refractivity contribution < 1.29 is 18.3 Å². The zero-order valence-corrected chi connectivity index (χ0v) is 11.9. The molecule has 1 aliphatic heterocycles. The molecular weight excluding hydrogens is 252 g/mol. The van der Waals surface area contributed by atoms with Crippen molar-refractivity contribution in [2.75, 3.05) is 33.0 Å². The Morgan fingerprint density at radius 3 is 2.68 bits per heavy atom. The molecule has 1 rings (SSSR count). The van der Waals surface area contributed by atoms with Crippen LogP contribution in [0.3, 0.4) is 0 Å². The van der Waals surface area contributed by atoms with Crippen LogP contribution < -0.4 is 5.32 Å². The van der Waals surface area contributed by atoms with E-state index in [1.165, 1.54) is 0 Å². The molecule has 0 spiro atoms. The van der Waals surface area contributed by atoms with E-state index in [9.17, 15) is 8.78 Å². The summed E-state index contributed by atoms with van der Waals surface area (Å²) in [6.45, 7) is 4.78. The first-order chi connectivity index (χ1) is 9.22. The van der Waals surface area contributed by atoms with Gasteiger partial charge in [-0.1, -0.05) is 6.92 Å². The summed E-state index contributed by atoms with van der Waals surface area (Å²) >= 11 is 0. The van der Waals surface area contributed by atoms with Crippen LogP contribution in [0.2, 0.25) is 0 Å².